The number of amides is 1. The van der Waals surface area contributed by atoms with Crippen molar-refractivity contribution in [2.45, 2.75) is 103 Å². The number of benzene rings is 3. The van der Waals surface area contributed by atoms with Crippen LogP contribution in [0, 0.1) is 23.2 Å². The molecule has 0 spiro atoms. The molecule has 0 N–H and O–H groups in total. The number of nitrogens with zero attached hydrogens (tertiary/aromatic N) is 2. The quantitative estimate of drug-likeness (QED) is 0.188. The average molecular weight is 645 g/mol. The summed E-state index contributed by atoms with van der Waals surface area (Å²) < 4.78 is 14.7. The van der Waals surface area contributed by atoms with E-state index in [1.165, 1.54) is 44.1 Å². The van der Waals surface area contributed by atoms with Crippen molar-refractivity contribution in [3.05, 3.63) is 107 Å². The van der Waals surface area contributed by atoms with Crippen molar-refractivity contribution >= 4 is 23.0 Å². The number of hydrogen-bond acceptors (Lipinski definition) is 4. The highest BCUT2D eigenvalue weighted by Gasteiger charge is 2.55. The topological polar surface area (TPSA) is 60.8 Å². The van der Waals surface area contributed by atoms with E-state index in [0.29, 0.717) is 13.0 Å². The first-order valence-electron chi connectivity index (χ1n) is 18.0. The average Bonchev–Trinajstić information content (AvgIpc) is 3.36. The van der Waals surface area contributed by atoms with Gasteiger partial charge in [0.05, 0.1) is 6.04 Å². The molecule has 4 saturated carbocycles. The van der Waals surface area contributed by atoms with Crippen molar-refractivity contribution in [1.29, 1.82) is 0 Å². The summed E-state index contributed by atoms with van der Waals surface area (Å²) in [7, 11) is 0. The minimum atomic E-state index is -0.786. The summed E-state index contributed by atoms with van der Waals surface area (Å²) in [6.07, 6.45) is 8.52. The SMILES string of the molecule is CC(C)(C)OC(=O)N1[C@H](CC23CC4CC(CC(C4)C2)C3)c2c(c3ccccc3n2Cc2ccccc2)C[C@H]1C(=O)OCc1ccccc1. The van der Waals surface area contributed by atoms with E-state index >= 15 is 0 Å². The van der Waals surface area contributed by atoms with E-state index in [4.69, 9.17) is 9.47 Å². The first-order chi connectivity index (χ1) is 23.1. The molecule has 48 heavy (non-hydrogen) atoms. The van der Waals surface area contributed by atoms with Crippen LogP contribution in [0.4, 0.5) is 4.79 Å². The molecule has 4 bridgehead atoms. The lowest BCUT2D eigenvalue weighted by Gasteiger charge is -2.58. The molecule has 250 valence electrons. The van der Waals surface area contributed by atoms with Gasteiger partial charge >= 0.3 is 12.1 Å². The summed E-state index contributed by atoms with van der Waals surface area (Å²) >= 11 is 0. The number of ether oxygens (including phenoxy) is 2. The van der Waals surface area contributed by atoms with Gasteiger partial charge < -0.3 is 14.0 Å². The van der Waals surface area contributed by atoms with Crippen molar-refractivity contribution < 1.29 is 19.1 Å². The molecular weight excluding hydrogens is 596 g/mol. The zero-order valence-electron chi connectivity index (χ0n) is 28.6. The summed E-state index contributed by atoms with van der Waals surface area (Å²) in [5, 5.41) is 1.16. The Kier molecular flexibility index (Phi) is 7.88. The maximum Gasteiger partial charge on any atom is 0.411 e. The van der Waals surface area contributed by atoms with E-state index in [9.17, 15) is 9.59 Å². The summed E-state index contributed by atoms with van der Waals surface area (Å²) in [4.78, 5) is 30.7. The van der Waals surface area contributed by atoms with E-state index in [0.717, 1.165) is 51.9 Å². The lowest BCUT2D eigenvalue weighted by Crippen LogP contribution is -2.55. The fraction of sp³-hybridized carbons (Fsp3) is 0.476. The van der Waals surface area contributed by atoms with Crippen molar-refractivity contribution in [3.8, 4) is 0 Å². The molecule has 4 aliphatic carbocycles. The monoisotopic (exact) mass is 644 g/mol. The van der Waals surface area contributed by atoms with Crippen LogP contribution in [-0.2, 0) is 33.8 Å². The van der Waals surface area contributed by atoms with Gasteiger partial charge in [0.1, 0.15) is 18.2 Å². The van der Waals surface area contributed by atoms with Gasteiger partial charge in [-0.2, -0.15) is 0 Å². The minimum Gasteiger partial charge on any atom is -0.459 e. The van der Waals surface area contributed by atoms with E-state index < -0.39 is 17.7 Å². The second-order valence-corrected chi connectivity index (χ2v) is 16.3. The molecule has 2 heterocycles. The van der Waals surface area contributed by atoms with Crippen LogP contribution in [0.15, 0.2) is 84.9 Å². The van der Waals surface area contributed by atoms with E-state index in [-0.39, 0.29) is 24.0 Å². The highest BCUT2D eigenvalue weighted by atomic mass is 16.6. The Hall–Kier alpha value is -4.06. The Morgan fingerprint density at radius 1 is 0.792 bits per heavy atom. The maximum absolute atomic E-state index is 14.6. The Morgan fingerprint density at radius 2 is 1.38 bits per heavy atom. The lowest BCUT2D eigenvalue weighted by atomic mass is 9.48. The van der Waals surface area contributed by atoms with Crippen LogP contribution >= 0.6 is 0 Å². The number of rotatable bonds is 7. The van der Waals surface area contributed by atoms with Crippen molar-refractivity contribution in [3.63, 3.8) is 0 Å². The fourth-order valence-corrected chi connectivity index (χ4v) is 10.3. The normalized spacial score (nSPS) is 27.6. The van der Waals surface area contributed by atoms with Gasteiger partial charge in [0.2, 0.25) is 0 Å². The predicted molar refractivity (Wildman–Crippen MR) is 187 cm³/mol. The third kappa shape index (κ3) is 5.92. The Morgan fingerprint density at radius 3 is 2.00 bits per heavy atom. The van der Waals surface area contributed by atoms with Gasteiger partial charge in [0.25, 0.3) is 0 Å². The molecule has 1 aliphatic heterocycles. The molecule has 0 radical (unpaired) electrons. The lowest BCUT2D eigenvalue weighted by molar-refractivity contribution is -0.154. The number of carbonyl (C=O) groups excluding carboxylic acids is 2. The zero-order valence-corrected chi connectivity index (χ0v) is 28.6. The van der Waals surface area contributed by atoms with Gasteiger partial charge in [0, 0.05) is 29.6 Å². The van der Waals surface area contributed by atoms with E-state index in [2.05, 4.69) is 59.2 Å². The molecule has 0 unspecified atom stereocenters. The predicted octanol–water partition coefficient (Wildman–Crippen LogP) is 9.24. The van der Waals surface area contributed by atoms with Crippen LogP contribution < -0.4 is 0 Å². The van der Waals surface area contributed by atoms with Crippen LogP contribution in [0.1, 0.15) is 94.1 Å². The highest BCUT2D eigenvalue weighted by Crippen LogP contribution is 2.63. The molecule has 6 nitrogen and oxygen atoms in total. The second-order valence-electron chi connectivity index (χ2n) is 16.3. The second kappa shape index (κ2) is 12.1. The molecule has 6 heteroatoms. The molecular formula is C42H48N2O4. The van der Waals surface area contributed by atoms with Gasteiger partial charge in [-0.3, -0.25) is 4.90 Å². The van der Waals surface area contributed by atoms with Crippen molar-refractivity contribution in [1.82, 2.24) is 9.47 Å². The van der Waals surface area contributed by atoms with E-state index in [1.807, 2.05) is 56.0 Å². The fourth-order valence-electron chi connectivity index (χ4n) is 10.3. The number of hydrogen-bond donors (Lipinski definition) is 0. The largest absolute Gasteiger partial charge is 0.459 e. The van der Waals surface area contributed by atoms with Crippen LogP contribution in [0.25, 0.3) is 10.9 Å². The summed E-state index contributed by atoms with van der Waals surface area (Å²) in [5.74, 6) is 1.95. The molecule has 4 fully saturated rings. The molecule has 2 atom stereocenters. The number of carbonyl (C=O) groups is 2. The molecule has 4 aromatic rings. The minimum absolute atomic E-state index is 0.154. The van der Waals surface area contributed by atoms with Gasteiger partial charge in [-0.15, -0.1) is 0 Å². The molecule has 1 aromatic heterocycles. The Balaban J connectivity index is 1.27. The number of esters is 1. The highest BCUT2D eigenvalue weighted by molar-refractivity contribution is 5.90. The molecule has 5 aliphatic rings. The number of aromatic nitrogens is 1. The Labute approximate surface area is 284 Å². The van der Waals surface area contributed by atoms with E-state index in [1.54, 1.807) is 0 Å². The van der Waals surface area contributed by atoms with Crippen LogP contribution in [-0.4, -0.2) is 33.2 Å². The third-order valence-electron chi connectivity index (χ3n) is 11.6. The smallest absolute Gasteiger partial charge is 0.411 e. The first-order valence-corrected chi connectivity index (χ1v) is 18.0. The first kappa shape index (κ1) is 31.2. The molecule has 0 saturated heterocycles. The summed E-state index contributed by atoms with van der Waals surface area (Å²) in [6, 6.07) is 27.8. The summed E-state index contributed by atoms with van der Waals surface area (Å²) in [6.45, 7) is 6.58. The summed E-state index contributed by atoms with van der Waals surface area (Å²) in [5.41, 5.74) is 5.05. The number of para-hydroxylation sites is 1. The zero-order chi connectivity index (χ0) is 33.0. The molecule has 1 amide bonds. The van der Waals surface area contributed by atoms with Crippen molar-refractivity contribution in [2.75, 3.05) is 0 Å². The van der Waals surface area contributed by atoms with Crippen LogP contribution in [0.2, 0.25) is 0 Å². The maximum atomic E-state index is 14.6. The van der Waals surface area contributed by atoms with Crippen molar-refractivity contribution in [2.24, 2.45) is 23.2 Å². The number of fused-ring (bicyclic) bond motifs is 3. The van der Waals surface area contributed by atoms with Crippen LogP contribution in [0.5, 0.6) is 0 Å². The standard InChI is InChI=1S/C42H48N2O4/c1-41(2,3)48-40(46)44-36(39(45)47-27-29-14-8-5-9-15-29)21-34-33-16-10-11-17-35(33)43(26-28-12-6-4-7-13-28)38(34)37(44)25-42-22-30-18-31(23-42)20-32(19-30)24-42/h4-17,30-32,36-37H,18-27H2,1-3H3/t30?,31?,32?,36-,37+,42?/m0/s1. The van der Waals surface area contributed by atoms with Gasteiger partial charge in [0.15, 0.2) is 0 Å². The Bertz CT molecular complexity index is 1770. The van der Waals surface area contributed by atoms with Gasteiger partial charge in [-0.25, -0.2) is 9.59 Å². The molecule has 9 rings (SSSR count). The molecule has 3 aromatic carbocycles. The van der Waals surface area contributed by atoms with Crippen LogP contribution in [0.3, 0.4) is 0 Å². The third-order valence-corrected chi connectivity index (χ3v) is 11.6. The van der Waals surface area contributed by atoms with Gasteiger partial charge in [-0.05, 0) is 112 Å². The van der Waals surface area contributed by atoms with Gasteiger partial charge in [-0.1, -0.05) is 78.9 Å².